The monoisotopic (exact) mass is 419 g/mol. The lowest BCUT2D eigenvalue weighted by molar-refractivity contribution is 1.21. The Kier molecular flexibility index (Phi) is 4.19. The zero-order valence-electron chi connectivity index (χ0n) is 12.5. The molecule has 0 aliphatic carbocycles. The number of nitrogens with one attached hydrogen (secondary N) is 1. The summed E-state index contributed by atoms with van der Waals surface area (Å²) in [7, 11) is 0. The molecule has 0 bridgehead atoms. The number of aromatic nitrogens is 2. The zero-order chi connectivity index (χ0) is 15.9. The fraction of sp³-hybridized carbons (Fsp3) is 0.176. The lowest BCUT2D eigenvalue weighted by atomic mass is 10.1. The van der Waals surface area contributed by atoms with E-state index < -0.39 is 0 Å². The summed E-state index contributed by atoms with van der Waals surface area (Å²) in [6.45, 7) is 6.26. The van der Waals surface area contributed by atoms with Crippen LogP contribution in [-0.2, 0) is 0 Å². The van der Waals surface area contributed by atoms with Crippen molar-refractivity contribution in [1.29, 1.82) is 0 Å². The molecule has 112 valence electrons. The minimum atomic E-state index is 0.810. The quantitative estimate of drug-likeness (QED) is 0.567. The van der Waals surface area contributed by atoms with E-state index in [1.54, 1.807) is 6.33 Å². The first-order chi connectivity index (χ1) is 10.5. The smallest absolute Gasteiger partial charge is 0.141 e. The molecule has 3 nitrogen and oxygen atoms in total. The molecule has 0 saturated heterocycles. The topological polar surface area (TPSA) is 37.8 Å². The second kappa shape index (κ2) is 5.97. The Bertz CT molecular complexity index is 875. The van der Waals surface area contributed by atoms with E-state index in [1.807, 2.05) is 0 Å². The molecule has 0 atom stereocenters. The van der Waals surface area contributed by atoms with Crippen molar-refractivity contribution in [1.82, 2.24) is 9.97 Å². The van der Waals surface area contributed by atoms with Gasteiger partial charge in [-0.05, 0) is 77.7 Å². The van der Waals surface area contributed by atoms with Gasteiger partial charge in [-0.1, -0.05) is 15.9 Å². The van der Waals surface area contributed by atoms with Gasteiger partial charge in [-0.15, -0.1) is 0 Å². The van der Waals surface area contributed by atoms with Crippen LogP contribution in [-0.4, -0.2) is 9.97 Å². The summed E-state index contributed by atoms with van der Waals surface area (Å²) in [4.78, 5) is 8.78. The Morgan fingerprint density at radius 2 is 1.55 bits per heavy atom. The first-order valence-corrected chi connectivity index (χ1v) is 8.49. The standard InChI is InChI=1S/C17H15Br2N3/c1-9-4-12-15(6-10(9)2)20-8-21-17(12)22-16-7-13(18)11(3)5-14(16)19/h4-8H,1-3H3,(H,20,21,22). The molecular weight excluding hydrogens is 406 g/mol. The number of halogens is 2. The fourth-order valence-corrected chi connectivity index (χ4v) is 3.19. The maximum atomic E-state index is 4.41. The Balaban J connectivity index is 2.12. The molecule has 0 aliphatic rings. The summed E-state index contributed by atoms with van der Waals surface area (Å²) in [5, 5.41) is 4.42. The van der Waals surface area contributed by atoms with Crippen LogP contribution in [0.3, 0.4) is 0 Å². The van der Waals surface area contributed by atoms with Crippen LogP contribution in [0.4, 0.5) is 11.5 Å². The lowest BCUT2D eigenvalue weighted by Crippen LogP contribution is -1.98. The van der Waals surface area contributed by atoms with Crippen molar-refractivity contribution >= 4 is 54.3 Å². The van der Waals surface area contributed by atoms with Gasteiger partial charge in [0.25, 0.3) is 0 Å². The molecule has 0 radical (unpaired) electrons. The van der Waals surface area contributed by atoms with Crippen molar-refractivity contribution in [2.45, 2.75) is 20.8 Å². The predicted octanol–water partition coefficient (Wildman–Crippen LogP) is 5.82. The molecule has 22 heavy (non-hydrogen) atoms. The molecule has 0 aliphatic heterocycles. The Labute approximate surface area is 146 Å². The van der Waals surface area contributed by atoms with Crippen molar-refractivity contribution in [2.24, 2.45) is 0 Å². The van der Waals surface area contributed by atoms with E-state index in [4.69, 9.17) is 0 Å². The molecule has 2 aromatic carbocycles. The second-order valence-electron chi connectivity index (χ2n) is 5.38. The molecule has 0 unspecified atom stereocenters. The van der Waals surface area contributed by atoms with Gasteiger partial charge < -0.3 is 5.32 Å². The molecular formula is C17H15Br2N3. The van der Waals surface area contributed by atoms with Crippen molar-refractivity contribution < 1.29 is 0 Å². The number of rotatable bonds is 2. The number of benzene rings is 2. The number of nitrogens with zero attached hydrogens (tertiary/aromatic N) is 2. The third-order valence-corrected chi connectivity index (χ3v) is 5.26. The van der Waals surface area contributed by atoms with Gasteiger partial charge >= 0.3 is 0 Å². The van der Waals surface area contributed by atoms with E-state index in [2.05, 4.69) is 92.2 Å². The molecule has 0 spiro atoms. The molecule has 1 aromatic heterocycles. The summed E-state index contributed by atoms with van der Waals surface area (Å²) in [6.07, 6.45) is 1.59. The maximum absolute atomic E-state index is 4.41. The van der Waals surface area contributed by atoms with E-state index in [-0.39, 0.29) is 0 Å². The van der Waals surface area contributed by atoms with Crippen LogP contribution in [0.15, 0.2) is 39.5 Å². The van der Waals surface area contributed by atoms with Gasteiger partial charge in [-0.2, -0.15) is 0 Å². The van der Waals surface area contributed by atoms with Crippen LogP contribution >= 0.6 is 31.9 Å². The summed E-state index contributed by atoms with van der Waals surface area (Å²) >= 11 is 7.17. The summed E-state index contributed by atoms with van der Waals surface area (Å²) < 4.78 is 2.06. The van der Waals surface area contributed by atoms with Gasteiger partial charge in [0, 0.05) is 14.3 Å². The number of fused-ring (bicyclic) bond motifs is 1. The Morgan fingerprint density at radius 1 is 0.818 bits per heavy atom. The largest absolute Gasteiger partial charge is 0.339 e. The second-order valence-corrected chi connectivity index (χ2v) is 7.09. The van der Waals surface area contributed by atoms with Crippen LogP contribution in [0.2, 0.25) is 0 Å². The minimum absolute atomic E-state index is 0.810. The normalized spacial score (nSPS) is 11.0. The van der Waals surface area contributed by atoms with Gasteiger partial charge in [0.05, 0.1) is 11.2 Å². The first kappa shape index (κ1) is 15.4. The molecule has 1 heterocycles. The molecule has 0 fully saturated rings. The fourth-order valence-electron chi connectivity index (χ4n) is 2.29. The van der Waals surface area contributed by atoms with Crippen LogP contribution in [0, 0.1) is 20.8 Å². The number of hydrogen-bond donors (Lipinski definition) is 1. The Morgan fingerprint density at radius 3 is 2.32 bits per heavy atom. The average molecular weight is 421 g/mol. The summed E-state index contributed by atoms with van der Waals surface area (Å²) in [5.41, 5.74) is 5.56. The highest BCUT2D eigenvalue weighted by atomic mass is 79.9. The predicted molar refractivity (Wildman–Crippen MR) is 98.9 cm³/mol. The number of anilines is 2. The third kappa shape index (κ3) is 2.88. The number of aryl methyl sites for hydroxylation is 3. The molecule has 0 amide bonds. The van der Waals surface area contributed by atoms with Crippen LogP contribution in [0.5, 0.6) is 0 Å². The van der Waals surface area contributed by atoms with E-state index in [9.17, 15) is 0 Å². The van der Waals surface area contributed by atoms with Gasteiger partial charge in [0.1, 0.15) is 12.1 Å². The average Bonchev–Trinajstić information content (AvgIpc) is 2.46. The van der Waals surface area contributed by atoms with Crippen molar-refractivity contribution in [3.63, 3.8) is 0 Å². The summed E-state index contributed by atoms with van der Waals surface area (Å²) in [5.74, 6) is 0.810. The molecule has 1 N–H and O–H groups in total. The lowest BCUT2D eigenvalue weighted by Gasteiger charge is -2.12. The highest BCUT2D eigenvalue weighted by molar-refractivity contribution is 9.11. The molecule has 3 rings (SSSR count). The van der Waals surface area contributed by atoms with Gasteiger partial charge in [-0.3, -0.25) is 0 Å². The van der Waals surface area contributed by atoms with E-state index in [0.29, 0.717) is 0 Å². The Hall–Kier alpha value is -1.46. The highest BCUT2D eigenvalue weighted by Gasteiger charge is 2.09. The van der Waals surface area contributed by atoms with E-state index >= 15 is 0 Å². The summed E-state index contributed by atoms with van der Waals surface area (Å²) in [6, 6.07) is 8.35. The van der Waals surface area contributed by atoms with Crippen molar-refractivity contribution in [2.75, 3.05) is 5.32 Å². The van der Waals surface area contributed by atoms with Crippen LogP contribution in [0.25, 0.3) is 10.9 Å². The van der Waals surface area contributed by atoms with Crippen molar-refractivity contribution in [3.8, 4) is 0 Å². The first-order valence-electron chi connectivity index (χ1n) is 6.90. The molecule has 3 aromatic rings. The van der Waals surface area contributed by atoms with Gasteiger partial charge in [-0.25, -0.2) is 9.97 Å². The van der Waals surface area contributed by atoms with E-state index in [1.165, 1.54) is 16.7 Å². The van der Waals surface area contributed by atoms with Crippen molar-refractivity contribution in [3.05, 3.63) is 56.2 Å². The van der Waals surface area contributed by atoms with Crippen LogP contribution < -0.4 is 5.32 Å². The SMILES string of the molecule is Cc1cc2ncnc(Nc3cc(Br)c(C)cc3Br)c2cc1C. The molecule has 5 heteroatoms. The highest BCUT2D eigenvalue weighted by Crippen LogP contribution is 2.33. The van der Waals surface area contributed by atoms with Gasteiger partial charge in [0.15, 0.2) is 0 Å². The van der Waals surface area contributed by atoms with E-state index in [0.717, 1.165) is 31.4 Å². The van der Waals surface area contributed by atoms with Gasteiger partial charge in [0.2, 0.25) is 0 Å². The molecule has 0 saturated carbocycles. The zero-order valence-corrected chi connectivity index (χ0v) is 15.7. The minimum Gasteiger partial charge on any atom is -0.339 e. The third-order valence-electron chi connectivity index (χ3n) is 3.75. The number of hydrogen-bond acceptors (Lipinski definition) is 3. The van der Waals surface area contributed by atoms with Crippen LogP contribution in [0.1, 0.15) is 16.7 Å². The maximum Gasteiger partial charge on any atom is 0.141 e.